The molecular formula is C7H14NSi2. The normalized spacial score (nSPS) is 30.9. The van der Waals surface area contributed by atoms with Crippen molar-refractivity contribution in [2.75, 3.05) is 6.54 Å². The summed E-state index contributed by atoms with van der Waals surface area (Å²) in [6.07, 6.45) is 2.79. The molecule has 0 bridgehead atoms. The van der Waals surface area contributed by atoms with E-state index in [1.165, 1.54) is 19.4 Å². The van der Waals surface area contributed by atoms with Crippen molar-refractivity contribution in [1.82, 2.24) is 4.57 Å². The molecule has 1 nitrogen and oxygen atoms in total. The van der Waals surface area contributed by atoms with Gasteiger partial charge in [-0.1, -0.05) is 13.8 Å². The highest BCUT2D eigenvalue weighted by atomic mass is 28.3. The second-order valence-corrected chi connectivity index (χ2v) is 6.18. The van der Waals surface area contributed by atoms with E-state index in [9.17, 15) is 0 Å². The summed E-state index contributed by atoms with van der Waals surface area (Å²) in [5.74, 6) is 0. The maximum atomic E-state index is 3.63. The highest BCUT2D eigenvalue weighted by Crippen LogP contribution is 2.16. The molecule has 1 rings (SSSR count). The van der Waals surface area contributed by atoms with Crippen LogP contribution in [0.4, 0.5) is 0 Å². The van der Waals surface area contributed by atoms with Crippen molar-refractivity contribution >= 4 is 19.9 Å². The number of rotatable bonds is 2. The third-order valence-electron chi connectivity index (χ3n) is 1.91. The molecule has 10 heavy (non-hydrogen) atoms. The van der Waals surface area contributed by atoms with Crippen LogP contribution >= 0.6 is 0 Å². The van der Waals surface area contributed by atoms with Gasteiger partial charge in [0.15, 0.2) is 0 Å². The average Bonchev–Trinajstić information content (AvgIpc) is 2.15. The molecule has 1 aliphatic heterocycles. The second kappa shape index (κ2) is 3.69. The fourth-order valence-electron chi connectivity index (χ4n) is 1.37. The summed E-state index contributed by atoms with van der Waals surface area (Å²) in [6.45, 7) is 5.86. The summed E-state index contributed by atoms with van der Waals surface area (Å²) >= 11 is 0. The van der Waals surface area contributed by atoms with Crippen LogP contribution in [0.5, 0.6) is 0 Å². The SMILES string of the molecule is CC([Si])[Si]N1CCCC1C. The van der Waals surface area contributed by atoms with E-state index < -0.39 is 0 Å². The number of hydrogen-bond donors (Lipinski definition) is 0. The quantitative estimate of drug-likeness (QED) is 0.557. The van der Waals surface area contributed by atoms with Crippen LogP contribution in [0.1, 0.15) is 26.7 Å². The third kappa shape index (κ3) is 2.21. The summed E-state index contributed by atoms with van der Waals surface area (Å²) in [5.41, 5.74) is 0. The zero-order valence-electron chi connectivity index (χ0n) is 6.72. The summed E-state index contributed by atoms with van der Waals surface area (Å²) in [6, 6.07) is 0.831. The van der Waals surface area contributed by atoms with E-state index in [2.05, 4.69) is 28.7 Å². The van der Waals surface area contributed by atoms with Gasteiger partial charge in [-0.2, -0.15) is 0 Å². The van der Waals surface area contributed by atoms with Gasteiger partial charge >= 0.3 is 0 Å². The van der Waals surface area contributed by atoms with Crippen LogP contribution in [0.3, 0.4) is 0 Å². The Morgan fingerprint density at radius 1 is 1.70 bits per heavy atom. The van der Waals surface area contributed by atoms with Crippen LogP contribution in [0.2, 0.25) is 5.16 Å². The average molecular weight is 168 g/mol. The first-order valence-electron chi connectivity index (χ1n) is 3.94. The highest BCUT2D eigenvalue weighted by molar-refractivity contribution is 6.47. The van der Waals surface area contributed by atoms with Gasteiger partial charge in [0.05, 0.1) is 0 Å². The molecule has 0 aliphatic carbocycles. The largest absolute Gasteiger partial charge is 0.323 e. The van der Waals surface area contributed by atoms with E-state index in [-0.39, 0.29) is 0 Å². The van der Waals surface area contributed by atoms with Gasteiger partial charge in [-0.15, -0.1) is 0 Å². The van der Waals surface area contributed by atoms with Crippen molar-refractivity contribution in [1.29, 1.82) is 0 Å². The monoisotopic (exact) mass is 168 g/mol. The molecule has 2 unspecified atom stereocenters. The Morgan fingerprint density at radius 2 is 2.40 bits per heavy atom. The minimum absolute atomic E-state index is 0.667. The van der Waals surface area contributed by atoms with Crippen molar-refractivity contribution in [2.24, 2.45) is 0 Å². The molecule has 0 aromatic heterocycles. The van der Waals surface area contributed by atoms with Gasteiger partial charge in [0.2, 0.25) is 0 Å². The molecule has 0 N–H and O–H groups in total. The molecule has 3 heteroatoms. The summed E-state index contributed by atoms with van der Waals surface area (Å²) in [4.78, 5) is 0. The Balaban J connectivity index is 2.26. The van der Waals surface area contributed by atoms with Gasteiger partial charge in [-0.25, -0.2) is 0 Å². The van der Waals surface area contributed by atoms with Crippen LogP contribution in [0, 0.1) is 0 Å². The lowest BCUT2D eigenvalue weighted by Crippen LogP contribution is -2.32. The third-order valence-corrected chi connectivity index (χ3v) is 3.68. The van der Waals surface area contributed by atoms with Crippen LogP contribution in [0.25, 0.3) is 0 Å². The fraction of sp³-hybridized carbons (Fsp3) is 1.00. The molecular weight excluding hydrogens is 154 g/mol. The van der Waals surface area contributed by atoms with Crippen molar-refractivity contribution in [3.05, 3.63) is 0 Å². The smallest absolute Gasteiger partial charge is 0.141 e. The Labute approximate surface area is 69.5 Å². The fourth-order valence-corrected chi connectivity index (χ4v) is 3.04. The standard InChI is InChI=1S/C7H14NSi2/c1-6-4-3-5-8(6)10-7(2)9/h6-7H,3-5H2,1-2H3. The minimum atomic E-state index is 0.667. The Morgan fingerprint density at radius 3 is 2.80 bits per heavy atom. The lowest BCUT2D eigenvalue weighted by Gasteiger charge is -2.21. The molecule has 55 valence electrons. The molecule has 1 aliphatic rings. The van der Waals surface area contributed by atoms with Crippen LogP contribution in [0.15, 0.2) is 0 Å². The van der Waals surface area contributed by atoms with Gasteiger partial charge in [0.25, 0.3) is 0 Å². The maximum Gasteiger partial charge on any atom is 0.141 e. The van der Waals surface area contributed by atoms with Gasteiger partial charge in [0, 0.05) is 16.3 Å². The van der Waals surface area contributed by atoms with E-state index in [0.717, 1.165) is 15.7 Å². The zero-order valence-corrected chi connectivity index (χ0v) is 8.72. The van der Waals surface area contributed by atoms with Crippen molar-refractivity contribution in [2.45, 2.75) is 37.9 Å². The highest BCUT2D eigenvalue weighted by Gasteiger charge is 2.20. The Bertz CT molecular complexity index is 106. The number of hydrogen-bond acceptors (Lipinski definition) is 1. The molecule has 1 saturated heterocycles. The molecule has 0 saturated carbocycles. The Hall–Kier alpha value is 0.394. The number of nitrogens with zero attached hydrogens (tertiary/aromatic N) is 1. The molecule has 0 amide bonds. The maximum absolute atomic E-state index is 3.63. The van der Waals surface area contributed by atoms with Gasteiger partial charge in [0.1, 0.15) is 9.68 Å². The topological polar surface area (TPSA) is 3.24 Å². The molecule has 0 aromatic carbocycles. The predicted octanol–water partition coefficient (Wildman–Crippen LogP) is 1.02. The molecule has 5 radical (unpaired) electrons. The zero-order chi connectivity index (χ0) is 7.56. The van der Waals surface area contributed by atoms with Gasteiger partial charge < -0.3 is 4.57 Å². The summed E-state index contributed by atoms with van der Waals surface area (Å²) in [7, 11) is 4.60. The van der Waals surface area contributed by atoms with E-state index >= 15 is 0 Å². The lowest BCUT2D eigenvalue weighted by molar-refractivity contribution is 0.437. The van der Waals surface area contributed by atoms with E-state index in [4.69, 9.17) is 0 Å². The predicted molar refractivity (Wildman–Crippen MR) is 46.3 cm³/mol. The van der Waals surface area contributed by atoms with Crippen molar-refractivity contribution in [3.63, 3.8) is 0 Å². The second-order valence-electron chi connectivity index (χ2n) is 3.04. The Kier molecular flexibility index (Phi) is 3.13. The summed E-state index contributed by atoms with van der Waals surface area (Å²) < 4.78 is 2.58. The summed E-state index contributed by atoms with van der Waals surface area (Å²) in [5, 5.41) is 0.667. The van der Waals surface area contributed by atoms with Crippen molar-refractivity contribution in [3.8, 4) is 0 Å². The molecule has 2 atom stereocenters. The van der Waals surface area contributed by atoms with Crippen LogP contribution in [-0.2, 0) is 0 Å². The first-order chi connectivity index (χ1) is 4.70. The van der Waals surface area contributed by atoms with E-state index in [1.807, 2.05) is 0 Å². The van der Waals surface area contributed by atoms with Gasteiger partial charge in [-0.05, 0) is 24.6 Å². The van der Waals surface area contributed by atoms with Crippen LogP contribution < -0.4 is 0 Å². The van der Waals surface area contributed by atoms with Gasteiger partial charge in [-0.3, -0.25) is 0 Å². The molecule has 0 aromatic rings. The van der Waals surface area contributed by atoms with Crippen LogP contribution in [-0.4, -0.2) is 37.1 Å². The van der Waals surface area contributed by atoms with E-state index in [1.54, 1.807) is 0 Å². The molecule has 0 spiro atoms. The lowest BCUT2D eigenvalue weighted by atomic mass is 10.3. The first kappa shape index (κ1) is 8.49. The minimum Gasteiger partial charge on any atom is -0.323 e. The van der Waals surface area contributed by atoms with E-state index in [0.29, 0.717) is 5.16 Å². The molecule has 1 heterocycles. The first-order valence-corrected chi connectivity index (χ1v) is 5.54. The van der Waals surface area contributed by atoms with Crippen molar-refractivity contribution < 1.29 is 0 Å². The molecule has 1 fully saturated rings.